The van der Waals surface area contributed by atoms with Crippen LogP contribution < -0.4 is 16.4 Å². The van der Waals surface area contributed by atoms with Crippen LogP contribution in [0.15, 0.2) is 182 Å². The molecule has 8 N–H and O–H groups in total. The highest BCUT2D eigenvalue weighted by Gasteiger charge is 2.29. The number of carbonyl (C=O) groups is 7. The minimum atomic E-state index is -0.958. The van der Waals surface area contributed by atoms with Gasteiger partial charge in [-0.05, 0) is 285 Å². The number of aromatic carboxylic acids is 1. The average molecular weight is 1890 g/mol. The fraction of sp³-hybridized carbons (Fsp3) is 0.280. The molecule has 0 saturated carbocycles. The van der Waals surface area contributed by atoms with Gasteiger partial charge in [0.2, 0.25) is 0 Å². The Morgan fingerprint density at radius 2 is 0.795 bits per heavy atom. The van der Waals surface area contributed by atoms with Gasteiger partial charge in [-0.1, -0.05) is 141 Å². The van der Waals surface area contributed by atoms with E-state index in [4.69, 9.17) is 132 Å². The van der Waals surface area contributed by atoms with Gasteiger partial charge >= 0.3 is 36.2 Å². The summed E-state index contributed by atoms with van der Waals surface area (Å²) >= 11 is 47.0. The molecule has 34 heteroatoms. The zero-order chi connectivity index (χ0) is 91.2. The number of amides is 4. The van der Waals surface area contributed by atoms with Crippen molar-refractivity contribution in [3.05, 3.63) is 311 Å². The number of hydrogen-bond acceptors (Lipinski definition) is 19. The van der Waals surface area contributed by atoms with E-state index in [9.17, 15) is 33.6 Å². The molecule has 0 atom stereocenters. The van der Waals surface area contributed by atoms with E-state index in [-0.39, 0.29) is 74.9 Å². The third kappa shape index (κ3) is 30.2. The normalized spacial score (nSPS) is 13.0. The maximum absolute atomic E-state index is 13.0. The second kappa shape index (κ2) is 44.9. The van der Waals surface area contributed by atoms with Gasteiger partial charge in [0, 0.05) is 103 Å². The van der Waals surface area contributed by atoms with Crippen LogP contribution in [0.4, 0.5) is 25.8 Å². The third-order valence-electron chi connectivity index (χ3n) is 19.6. The number of aliphatic hydroxyl groups is 1. The second-order valence-electron chi connectivity index (χ2n) is 31.9. The van der Waals surface area contributed by atoms with Gasteiger partial charge in [0.1, 0.15) is 53.1 Å². The predicted octanol–water partition coefficient (Wildman–Crippen LogP) is 20.4. The third-order valence-corrected chi connectivity index (χ3v) is 21.3. The Balaban J connectivity index is 0.000000154. The Kier molecular flexibility index (Phi) is 34.1. The molecule has 664 valence electrons. The number of nitrogens with zero attached hydrogens (tertiary/aromatic N) is 7. The summed E-state index contributed by atoms with van der Waals surface area (Å²) in [6, 6.07) is 53.6. The molecular weight excluding hydrogens is 1790 g/mol. The number of carbonyl (C=O) groups excluding carboxylic acids is 6. The standard InChI is InChI=1S/C24H19Cl2N5O3.C23H25Cl2NO4.C18H17Cl2NO2.C14H20N2O2.C7H6Cl2O.C7H5N3O2/c25-18-7-14(8-19(26)11-18)13-34-24(33)27-20-3-1-17-12-31(6-5-15(17)9-20)23(32)16-2-4-21-22(10-16)29-30-28-21;1-23(2,3)30-22(28)26-7-6-17-8-15(4-5-18(17)13-26)11-21(27)29-14-16-9-19(24)12-20(25)10-16;19-16-6-13(7-17(20)9-16)11-23-18(22)8-12-1-2-15-10-21-4-3-14(15)5-12;1-14(2,3)18-13(17)16-7-6-10-8-12(15)5-4-11(10)9-16;8-6-1-5(4-10)2-7(9)3-6;11-7(12)4-1-2-5-6(3-4)9-10-8-5/h1-4,7-11H,5-6,12-13H2,(H,27,33)(H,28,29,30);4-5,8-10,12H,6-7,11,13-14H2,1-3H3;1-2,5-7,9,21H,3-4,8,10-11H2;4-5,8H,6-7,9,15H2,1-3H3;1-3,10H,4H2;1-3H,(H,11,12)(H,8,9,10). The maximum Gasteiger partial charge on any atom is 0.411 e. The summed E-state index contributed by atoms with van der Waals surface area (Å²) in [4.78, 5) is 89.5. The summed E-state index contributed by atoms with van der Waals surface area (Å²) in [5.41, 5.74) is 23.8. The van der Waals surface area contributed by atoms with Gasteiger partial charge in [-0.15, -0.1) is 0 Å². The average Bonchev–Trinajstić information content (AvgIpc) is 1.79. The number of ether oxygens (including phenoxy) is 5. The molecule has 0 radical (unpaired) electrons. The van der Waals surface area contributed by atoms with Crippen molar-refractivity contribution in [3.63, 3.8) is 0 Å². The number of carboxylic acids is 1. The van der Waals surface area contributed by atoms with Crippen LogP contribution in [-0.4, -0.2) is 135 Å². The number of esters is 2. The first-order valence-corrected chi connectivity index (χ1v) is 43.2. The molecule has 127 heavy (non-hydrogen) atoms. The molecule has 0 spiro atoms. The molecule has 26 nitrogen and oxygen atoms in total. The minimum Gasteiger partial charge on any atom is -0.478 e. The number of fused-ring (bicyclic) bond motifs is 6. The Morgan fingerprint density at radius 3 is 1.26 bits per heavy atom. The van der Waals surface area contributed by atoms with E-state index in [1.54, 1.807) is 118 Å². The number of hydrogen-bond donors (Lipinski definition) is 7. The number of carboxylic acid groups (broad SMARTS) is 1. The molecule has 6 heterocycles. The lowest BCUT2D eigenvalue weighted by Gasteiger charge is -2.31. The molecule has 16 rings (SSSR count). The summed E-state index contributed by atoms with van der Waals surface area (Å²) < 4.78 is 26.8. The number of halogens is 8. The van der Waals surface area contributed by atoms with Gasteiger partial charge in [0.05, 0.1) is 25.0 Å². The number of aromatic nitrogens is 6. The van der Waals surface area contributed by atoms with Gasteiger partial charge < -0.3 is 59.6 Å². The van der Waals surface area contributed by atoms with Crippen LogP contribution in [0.1, 0.15) is 140 Å². The van der Waals surface area contributed by atoms with Crippen molar-refractivity contribution in [2.24, 2.45) is 0 Å². The molecule has 12 aromatic rings. The van der Waals surface area contributed by atoms with Gasteiger partial charge in [-0.25, -0.2) is 19.2 Å². The summed E-state index contributed by atoms with van der Waals surface area (Å²) in [7, 11) is 0. The van der Waals surface area contributed by atoms with Crippen LogP contribution in [0.5, 0.6) is 0 Å². The number of benzene rings is 10. The summed E-state index contributed by atoms with van der Waals surface area (Å²) in [6.45, 7) is 16.8. The van der Waals surface area contributed by atoms with E-state index in [0.717, 1.165) is 99.2 Å². The van der Waals surface area contributed by atoms with Crippen LogP contribution in [0.25, 0.3) is 22.1 Å². The van der Waals surface area contributed by atoms with Crippen LogP contribution in [0.2, 0.25) is 40.2 Å². The van der Waals surface area contributed by atoms with E-state index in [2.05, 4.69) is 53.6 Å². The highest BCUT2D eigenvalue weighted by atomic mass is 35.5. The monoisotopic (exact) mass is 1880 g/mol. The van der Waals surface area contributed by atoms with Gasteiger partial charge in [0.25, 0.3) is 5.91 Å². The molecule has 10 aromatic carbocycles. The lowest BCUT2D eigenvalue weighted by atomic mass is 9.96. The lowest BCUT2D eigenvalue weighted by Crippen LogP contribution is -2.39. The fourth-order valence-corrected chi connectivity index (χ4v) is 16.0. The largest absolute Gasteiger partial charge is 0.478 e. The zero-order valence-corrected chi connectivity index (χ0v) is 76.1. The van der Waals surface area contributed by atoms with E-state index in [1.807, 2.05) is 96.1 Å². The summed E-state index contributed by atoms with van der Waals surface area (Å²) in [5, 5.41) is 48.1. The molecule has 0 unspecified atom stereocenters. The number of nitrogens with two attached hydrogens (primary N) is 1. The first-order chi connectivity index (χ1) is 60.5. The molecule has 0 aliphatic carbocycles. The fourth-order valence-electron chi connectivity index (χ4n) is 13.7. The Bertz CT molecular complexity index is 5900. The molecule has 4 aliphatic heterocycles. The maximum atomic E-state index is 13.0. The lowest BCUT2D eigenvalue weighted by molar-refractivity contribution is -0.145. The summed E-state index contributed by atoms with van der Waals surface area (Å²) in [6.07, 6.45) is 2.56. The Hall–Kier alpha value is -11.3. The van der Waals surface area contributed by atoms with Crippen molar-refractivity contribution in [2.45, 2.75) is 144 Å². The number of rotatable bonds is 14. The Morgan fingerprint density at radius 1 is 0.409 bits per heavy atom. The van der Waals surface area contributed by atoms with Gasteiger partial charge in [-0.3, -0.25) is 19.7 Å². The van der Waals surface area contributed by atoms with E-state index < -0.39 is 23.3 Å². The van der Waals surface area contributed by atoms with E-state index in [0.29, 0.717) is 119 Å². The van der Waals surface area contributed by atoms with Crippen LogP contribution in [0, 0.1) is 0 Å². The highest BCUT2D eigenvalue weighted by molar-refractivity contribution is 6.36. The first kappa shape index (κ1) is 96.4. The number of nitrogens with one attached hydrogen (secondary N) is 4. The molecule has 4 amide bonds. The highest BCUT2D eigenvalue weighted by Crippen LogP contribution is 2.31. The van der Waals surface area contributed by atoms with E-state index >= 15 is 0 Å². The van der Waals surface area contributed by atoms with Crippen LogP contribution >= 0.6 is 92.8 Å². The number of aliphatic hydroxyl groups excluding tert-OH is 1. The molecular formula is C93H92Cl8N12O14. The van der Waals surface area contributed by atoms with Gasteiger partial charge in [0.15, 0.2) is 0 Å². The smallest absolute Gasteiger partial charge is 0.411 e. The zero-order valence-electron chi connectivity index (χ0n) is 70.1. The topological polar surface area (TPSA) is 349 Å². The van der Waals surface area contributed by atoms with Crippen molar-refractivity contribution in [3.8, 4) is 0 Å². The summed E-state index contributed by atoms with van der Waals surface area (Å²) in [5.74, 6) is -1.59. The van der Waals surface area contributed by atoms with Crippen LogP contribution in [-0.2, 0) is 124 Å². The number of nitrogen functional groups attached to an aromatic ring is 1. The minimum absolute atomic E-state index is 0.0275. The van der Waals surface area contributed by atoms with Crippen molar-refractivity contribution >= 4 is 168 Å². The van der Waals surface area contributed by atoms with E-state index in [1.165, 1.54) is 28.8 Å². The number of H-pyrrole nitrogens is 2. The van der Waals surface area contributed by atoms with Gasteiger partial charge in [-0.2, -0.15) is 30.8 Å². The van der Waals surface area contributed by atoms with Crippen molar-refractivity contribution < 1.29 is 67.5 Å². The molecule has 0 fully saturated rings. The molecule has 0 saturated heterocycles. The second-order valence-corrected chi connectivity index (χ2v) is 35.4. The van der Waals surface area contributed by atoms with Crippen molar-refractivity contribution in [2.75, 3.05) is 37.2 Å². The first-order valence-electron chi connectivity index (χ1n) is 40.1. The molecule has 2 aromatic heterocycles. The number of aromatic amines is 2. The molecule has 0 bridgehead atoms. The quantitative estimate of drug-likeness (QED) is 0.0302. The Labute approximate surface area is 773 Å². The van der Waals surface area contributed by atoms with Crippen molar-refractivity contribution in [1.29, 1.82) is 0 Å². The SMILES string of the molecule is CC(C)(C)OC(=O)N1CCc2cc(CC(=O)OCc3cc(Cl)cc(Cl)c3)ccc2C1.CC(C)(C)OC(=O)N1CCc2cc(N)ccc2C1.O=C(Cc1ccc2c(c1)CCNC2)OCc1cc(Cl)cc(Cl)c1.O=C(Nc1ccc2c(c1)CCN(C(=O)c1ccc3n[nH]nc3c1)C2)OCc1cc(Cl)cc(Cl)c1.O=C(O)c1ccc2n[nH]nc2c1.OCc1cc(Cl)cc(Cl)c1. The van der Waals surface area contributed by atoms with Crippen molar-refractivity contribution in [1.82, 2.24) is 50.8 Å². The predicted molar refractivity (Wildman–Crippen MR) is 492 cm³/mol. The number of anilines is 2. The molecule has 4 aliphatic rings. The van der Waals surface area contributed by atoms with Crippen LogP contribution in [0.3, 0.4) is 0 Å².